The van der Waals surface area contributed by atoms with E-state index in [2.05, 4.69) is 38.2 Å². The molecule has 0 aliphatic heterocycles. The monoisotopic (exact) mass is 443 g/mol. The summed E-state index contributed by atoms with van der Waals surface area (Å²) in [5.74, 6) is 0.255. The molecule has 7 heteroatoms. The van der Waals surface area contributed by atoms with Crippen molar-refractivity contribution in [3.63, 3.8) is 0 Å². The number of amides is 1. The average molecular weight is 444 g/mol. The minimum Gasteiger partial charge on any atom is -0.317 e. The van der Waals surface area contributed by atoms with Gasteiger partial charge in [-0.3, -0.25) is 10.1 Å². The molecule has 0 unspecified atom stereocenters. The van der Waals surface area contributed by atoms with Crippen LogP contribution >= 0.6 is 46.4 Å². The number of thiocarbonyl (C=S) groups is 1. The maximum absolute atomic E-state index is 11.8. The number of benzene rings is 1. The summed E-state index contributed by atoms with van der Waals surface area (Å²) >= 11 is 13.0. The molecule has 0 spiro atoms. The third-order valence-electron chi connectivity index (χ3n) is 2.50. The number of halogens is 2. The topological polar surface area (TPSA) is 54.0 Å². The van der Waals surface area contributed by atoms with Crippen molar-refractivity contribution in [2.24, 2.45) is 0 Å². The molecular weight excluding hydrogens is 433 g/mol. The summed E-state index contributed by atoms with van der Waals surface area (Å²) in [5, 5.41) is 6.23. The third kappa shape index (κ3) is 5.70. The molecule has 22 heavy (non-hydrogen) atoms. The highest BCUT2D eigenvalue weighted by molar-refractivity contribution is 14.1. The Morgan fingerprint density at radius 3 is 2.59 bits per heavy atom. The maximum Gasteiger partial charge on any atom is 0.250 e. The van der Waals surface area contributed by atoms with Crippen LogP contribution in [0.4, 0.5) is 5.82 Å². The van der Waals surface area contributed by atoms with Gasteiger partial charge in [-0.15, -0.1) is 0 Å². The van der Waals surface area contributed by atoms with Gasteiger partial charge in [0, 0.05) is 20.9 Å². The fourth-order valence-electron chi connectivity index (χ4n) is 1.50. The molecule has 112 valence electrons. The van der Waals surface area contributed by atoms with E-state index in [0.29, 0.717) is 10.8 Å². The molecule has 1 heterocycles. The van der Waals surface area contributed by atoms with Crippen molar-refractivity contribution in [3.05, 3.63) is 62.8 Å². The first-order chi connectivity index (χ1) is 10.5. The second kappa shape index (κ2) is 8.21. The van der Waals surface area contributed by atoms with Crippen LogP contribution in [-0.4, -0.2) is 16.0 Å². The molecule has 2 rings (SSSR count). The van der Waals surface area contributed by atoms with Crippen LogP contribution in [0.15, 0.2) is 48.7 Å². The zero-order valence-electron chi connectivity index (χ0n) is 11.2. The Morgan fingerprint density at radius 1 is 1.23 bits per heavy atom. The van der Waals surface area contributed by atoms with Crippen molar-refractivity contribution in [1.82, 2.24) is 10.3 Å². The lowest BCUT2D eigenvalue weighted by Crippen LogP contribution is -2.33. The van der Waals surface area contributed by atoms with Crippen LogP contribution in [0.2, 0.25) is 5.02 Å². The summed E-state index contributed by atoms with van der Waals surface area (Å²) < 4.78 is 1.02. The number of hydrogen-bond acceptors (Lipinski definition) is 3. The van der Waals surface area contributed by atoms with Crippen molar-refractivity contribution in [2.75, 3.05) is 5.32 Å². The quantitative estimate of drug-likeness (QED) is 0.430. The number of hydrogen-bond donors (Lipinski definition) is 2. The highest BCUT2D eigenvalue weighted by Crippen LogP contribution is 2.10. The number of aromatic nitrogens is 1. The minimum absolute atomic E-state index is 0.194. The molecular formula is C15H11ClIN3OS. The number of nitrogens with zero attached hydrogens (tertiary/aromatic N) is 1. The molecule has 4 nitrogen and oxygen atoms in total. The summed E-state index contributed by atoms with van der Waals surface area (Å²) in [6.07, 6.45) is 4.78. The van der Waals surface area contributed by atoms with E-state index in [-0.39, 0.29) is 11.0 Å². The average Bonchev–Trinajstić information content (AvgIpc) is 2.49. The molecule has 0 aliphatic rings. The number of pyridine rings is 1. The lowest BCUT2D eigenvalue weighted by Gasteiger charge is -2.07. The molecule has 1 amide bonds. The van der Waals surface area contributed by atoms with Crippen molar-refractivity contribution in [2.45, 2.75) is 0 Å². The van der Waals surface area contributed by atoms with Gasteiger partial charge in [-0.2, -0.15) is 0 Å². The van der Waals surface area contributed by atoms with E-state index in [9.17, 15) is 4.79 Å². The van der Waals surface area contributed by atoms with E-state index in [0.717, 1.165) is 9.13 Å². The van der Waals surface area contributed by atoms with E-state index in [4.69, 9.17) is 23.8 Å². The zero-order valence-corrected chi connectivity index (χ0v) is 14.9. The van der Waals surface area contributed by atoms with Crippen LogP contribution < -0.4 is 10.6 Å². The second-order valence-corrected chi connectivity index (χ2v) is 6.28. The molecule has 2 aromatic rings. The molecule has 0 fully saturated rings. The largest absolute Gasteiger partial charge is 0.317 e. The van der Waals surface area contributed by atoms with Crippen LogP contribution in [0.3, 0.4) is 0 Å². The van der Waals surface area contributed by atoms with Crippen molar-refractivity contribution in [1.29, 1.82) is 0 Å². The predicted octanol–water partition coefficient (Wildman–Crippen LogP) is 3.87. The molecule has 0 bridgehead atoms. The van der Waals surface area contributed by atoms with Crippen LogP contribution in [0, 0.1) is 3.57 Å². The first-order valence-electron chi connectivity index (χ1n) is 6.20. The zero-order chi connectivity index (χ0) is 15.9. The molecule has 0 radical (unpaired) electrons. The van der Waals surface area contributed by atoms with Crippen LogP contribution in [0.5, 0.6) is 0 Å². The summed E-state index contributed by atoms with van der Waals surface area (Å²) in [5.41, 5.74) is 0.873. The first-order valence-corrected chi connectivity index (χ1v) is 8.06. The Kier molecular flexibility index (Phi) is 6.29. The van der Waals surface area contributed by atoms with Gasteiger partial charge in [0.15, 0.2) is 5.11 Å². The highest BCUT2D eigenvalue weighted by atomic mass is 127. The Bertz CT molecular complexity index is 702. The van der Waals surface area contributed by atoms with Crippen LogP contribution in [-0.2, 0) is 4.79 Å². The maximum atomic E-state index is 11.8. The van der Waals surface area contributed by atoms with Crippen molar-refractivity contribution < 1.29 is 4.79 Å². The molecule has 0 saturated carbocycles. The minimum atomic E-state index is -0.321. The van der Waals surface area contributed by atoms with Gasteiger partial charge < -0.3 is 5.32 Å². The SMILES string of the molecule is O=C(/C=C/c1ccc(Cl)cc1)NC(=S)Nc1ccc(I)cn1. The van der Waals surface area contributed by atoms with Gasteiger partial charge in [0.05, 0.1) is 0 Å². The molecule has 0 atom stereocenters. The van der Waals surface area contributed by atoms with Gasteiger partial charge in [-0.1, -0.05) is 23.7 Å². The fraction of sp³-hybridized carbons (Fsp3) is 0. The molecule has 2 N–H and O–H groups in total. The Hall–Kier alpha value is -1.51. The Balaban J connectivity index is 1.87. The highest BCUT2D eigenvalue weighted by Gasteiger charge is 2.02. The number of anilines is 1. The number of rotatable bonds is 3. The van der Waals surface area contributed by atoms with Crippen LogP contribution in [0.25, 0.3) is 6.08 Å². The van der Waals surface area contributed by atoms with E-state index < -0.39 is 0 Å². The standard InChI is InChI=1S/C15H11ClIN3OS/c16-11-4-1-10(2-5-11)3-8-14(21)20-15(22)19-13-7-6-12(17)9-18-13/h1-9H,(H2,18,19,20,21,22)/b8-3+. The fourth-order valence-corrected chi connectivity index (χ4v) is 2.15. The Labute approximate surface area is 152 Å². The predicted molar refractivity (Wildman–Crippen MR) is 102 cm³/mol. The smallest absolute Gasteiger partial charge is 0.250 e. The van der Waals surface area contributed by atoms with Gasteiger partial charge in [0.25, 0.3) is 0 Å². The number of nitrogens with one attached hydrogen (secondary N) is 2. The second-order valence-electron chi connectivity index (χ2n) is 4.19. The lowest BCUT2D eigenvalue weighted by molar-refractivity contribution is -0.115. The van der Waals surface area contributed by atoms with E-state index >= 15 is 0 Å². The first kappa shape index (κ1) is 16.9. The van der Waals surface area contributed by atoms with Crippen molar-refractivity contribution in [3.8, 4) is 0 Å². The van der Waals surface area contributed by atoms with E-state index in [1.165, 1.54) is 6.08 Å². The van der Waals surface area contributed by atoms with Gasteiger partial charge >= 0.3 is 0 Å². The van der Waals surface area contributed by atoms with Gasteiger partial charge in [0.2, 0.25) is 5.91 Å². The molecule has 0 aliphatic carbocycles. The summed E-state index contributed by atoms with van der Waals surface area (Å²) in [4.78, 5) is 15.9. The summed E-state index contributed by atoms with van der Waals surface area (Å²) in [6.45, 7) is 0. The number of carbonyl (C=O) groups excluding carboxylic acids is 1. The molecule has 1 aromatic carbocycles. The molecule has 0 saturated heterocycles. The molecule has 1 aromatic heterocycles. The van der Waals surface area contributed by atoms with Gasteiger partial charge in [-0.05, 0) is 70.7 Å². The normalized spacial score (nSPS) is 10.5. The summed E-state index contributed by atoms with van der Waals surface area (Å²) in [7, 11) is 0. The van der Waals surface area contributed by atoms with Crippen molar-refractivity contribution >= 4 is 69.3 Å². The third-order valence-corrected chi connectivity index (χ3v) is 3.60. The Morgan fingerprint density at radius 2 is 1.95 bits per heavy atom. The van der Waals surface area contributed by atoms with E-state index in [1.807, 2.05) is 18.2 Å². The number of carbonyl (C=O) groups is 1. The van der Waals surface area contributed by atoms with E-state index in [1.54, 1.807) is 30.5 Å². The lowest BCUT2D eigenvalue weighted by atomic mass is 10.2. The summed E-state index contributed by atoms with van der Waals surface area (Å²) in [6, 6.07) is 10.8. The van der Waals surface area contributed by atoms with Crippen LogP contribution in [0.1, 0.15) is 5.56 Å². The van der Waals surface area contributed by atoms with Gasteiger partial charge in [0.1, 0.15) is 5.82 Å². The van der Waals surface area contributed by atoms with Gasteiger partial charge in [-0.25, -0.2) is 4.98 Å².